The Morgan fingerprint density at radius 2 is 2.00 bits per heavy atom. The summed E-state index contributed by atoms with van der Waals surface area (Å²) in [6.45, 7) is 1.98. The van der Waals surface area contributed by atoms with Gasteiger partial charge in [-0.3, -0.25) is 10.1 Å². The third kappa shape index (κ3) is 2.72. The first-order valence-corrected chi connectivity index (χ1v) is 5.25. The average Bonchev–Trinajstić information content (AvgIpc) is 2.57. The van der Waals surface area contributed by atoms with Gasteiger partial charge in [-0.1, -0.05) is 19.8 Å². The minimum atomic E-state index is -0.744. The van der Waals surface area contributed by atoms with E-state index in [9.17, 15) is 9.59 Å². The van der Waals surface area contributed by atoms with Crippen molar-refractivity contribution in [3.8, 4) is 0 Å². The second-order valence-corrected chi connectivity index (χ2v) is 3.91. The van der Waals surface area contributed by atoms with Crippen molar-refractivity contribution in [1.29, 1.82) is 0 Å². The van der Waals surface area contributed by atoms with Crippen molar-refractivity contribution in [2.45, 2.75) is 39.0 Å². The number of hydrogen-bond acceptors (Lipinski definition) is 2. The van der Waals surface area contributed by atoms with Gasteiger partial charge in [0.05, 0.1) is 0 Å². The zero-order valence-corrected chi connectivity index (χ0v) is 8.58. The van der Waals surface area contributed by atoms with Crippen LogP contribution in [0.5, 0.6) is 0 Å². The summed E-state index contributed by atoms with van der Waals surface area (Å²) < 4.78 is 0. The fourth-order valence-electron chi connectivity index (χ4n) is 2.31. The SMILES string of the molecule is CCC(C(=O)NC(N)=O)C1CCCC1. The standard InChI is InChI=1S/C10H18N2O2/c1-2-8(7-5-3-4-6-7)9(13)12-10(11)14/h7-8H,2-6H2,1H3,(H3,11,12,13,14). The van der Waals surface area contributed by atoms with Gasteiger partial charge >= 0.3 is 6.03 Å². The molecule has 4 heteroatoms. The number of nitrogens with one attached hydrogen (secondary N) is 1. The summed E-state index contributed by atoms with van der Waals surface area (Å²) in [5, 5.41) is 2.17. The molecule has 0 heterocycles. The number of urea groups is 1. The summed E-state index contributed by atoms with van der Waals surface area (Å²) in [6.07, 6.45) is 5.38. The van der Waals surface area contributed by atoms with Crippen molar-refractivity contribution in [3.05, 3.63) is 0 Å². The largest absolute Gasteiger partial charge is 0.351 e. The Labute approximate surface area is 84.2 Å². The Morgan fingerprint density at radius 1 is 1.43 bits per heavy atom. The van der Waals surface area contributed by atoms with Gasteiger partial charge in [0.1, 0.15) is 0 Å². The summed E-state index contributed by atoms with van der Waals surface area (Å²) >= 11 is 0. The molecule has 1 unspecified atom stereocenters. The van der Waals surface area contributed by atoms with Crippen LogP contribution < -0.4 is 11.1 Å². The van der Waals surface area contributed by atoms with Crippen LogP contribution in [0.4, 0.5) is 4.79 Å². The van der Waals surface area contributed by atoms with Crippen molar-refractivity contribution >= 4 is 11.9 Å². The second-order valence-electron chi connectivity index (χ2n) is 3.91. The lowest BCUT2D eigenvalue weighted by Gasteiger charge is -2.19. The molecule has 3 N–H and O–H groups in total. The maximum absolute atomic E-state index is 11.6. The van der Waals surface area contributed by atoms with E-state index in [1.165, 1.54) is 12.8 Å². The van der Waals surface area contributed by atoms with Crippen LogP contribution in [0.25, 0.3) is 0 Å². The van der Waals surface area contributed by atoms with E-state index in [-0.39, 0.29) is 11.8 Å². The van der Waals surface area contributed by atoms with Crippen LogP contribution in [0.2, 0.25) is 0 Å². The molecule has 0 aromatic heterocycles. The number of imide groups is 1. The fourth-order valence-corrected chi connectivity index (χ4v) is 2.31. The molecule has 3 amide bonds. The van der Waals surface area contributed by atoms with E-state index in [2.05, 4.69) is 5.32 Å². The first kappa shape index (κ1) is 11.0. The van der Waals surface area contributed by atoms with E-state index < -0.39 is 6.03 Å². The van der Waals surface area contributed by atoms with Crippen molar-refractivity contribution in [2.24, 2.45) is 17.6 Å². The monoisotopic (exact) mass is 198 g/mol. The molecule has 0 spiro atoms. The Morgan fingerprint density at radius 3 is 2.43 bits per heavy atom. The van der Waals surface area contributed by atoms with Crippen LogP contribution in [-0.4, -0.2) is 11.9 Å². The normalized spacial score (nSPS) is 19.2. The Bertz CT molecular complexity index is 222. The summed E-state index contributed by atoms with van der Waals surface area (Å²) in [6, 6.07) is -0.744. The number of amides is 3. The van der Waals surface area contributed by atoms with E-state index in [0.29, 0.717) is 5.92 Å². The third-order valence-corrected chi connectivity index (χ3v) is 2.99. The lowest BCUT2D eigenvalue weighted by atomic mass is 9.88. The smallest absolute Gasteiger partial charge is 0.318 e. The maximum atomic E-state index is 11.6. The first-order chi connectivity index (χ1) is 6.65. The molecule has 80 valence electrons. The van der Waals surface area contributed by atoms with Crippen LogP contribution in [0, 0.1) is 11.8 Å². The lowest BCUT2D eigenvalue weighted by Crippen LogP contribution is -2.40. The molecular formula is C10H18N2O2. The molecule has 0 aromatic rings. The van der Waals surface area contributed by atoms with Crippen molar-refractivity contribution < 1.29 is 9.59 Å². The summed E-state index contributed by atoms with van der Waals surface area (Å²) in [4.78, 5) is 22.1. The molecule has 1 fully saturated rings. The summed E-state index contributed by atoms with van der Waals surface area (Å²) in [5.41, 5.74) is 4.91. The quantitative estimate of drug-likeness (QED) is 0.719. The minimum Gasteiger partial charge on any atom is -0.351 e. The van der Waals surface area contributed by atoms with E-state index in [4.69, 9.17) is 5.73 Å². The minimum absolute atomic E-state index is 0.0370. The van der Waals surface area contributed by atoms with Gasteiger partial charge in [0, 0.05) is 5.92 Å². The molecule has 0 saturated heterocycles. The Hall–Kier alpha value is -1.06. The van der Waals surface area contributed by atoms with Crippen molar-refractivity contribution in [3.63, 3.8) is 0 Å². The molecular weight excluding hydrogens is 180 g/mol. The van der Waals surface area contributed by atoms with E-state index >= 15 is 0 Å². The molecule has 1 aliphatic rings. The second kappa shape index (κ2) is 4.98. The molecule has 0 radical (unpaired) electrons. The molecule has 4 nitrogen and oxygen atoms in total. The molecule has 1 saturated carbocycles. The van der Waals surface area contributed by atoms with Gasteiger partial charge in [0.15, 0.2) is 0 Å². The zero-order valence-electron chi connectivity index (χ0n) is 8.58. The highest BCUT2D eigenvalue weighted by atomic mass is 16.2. The topological polar surface area (TPSA) is 72.2 Å². The van der Waals surface area contributed by atoms with Crippen molar-refractivity contribution in [1.82, 2.24) is 5.32 Å². The van der Waals surface area contributed by atoms with Gasteiger partial charge in [-0.2, -0.15) is 0 Å². The highest BCUT2D eigenvalue weighted by Crippen LogP contribution is 2.33. The fraction of sp³-hybridized carbons (Fsp3) is 0.800. The van der Waals surface area contributed by atoms with Crippen LogP contribution >= 0.6 is 0 Å². The van der Waals surface area contributed by atoms with Gasteiger partial charge in [-0.15, -0.1) is 0 Å². The molecule has 0 aromatic carbocycles. The van der Waals surface area contributed by atoms with Gasteiger partial charge < -0.3 is 5.73 Å². The average molecular weight is 198 g/mol. The Kier molecular flexibility index (Phi) is 3.92. The predicted molar refractivity (Wildman–Crippen MR) is 53.5 cm³/mol. The zero-order chi connectivity index (χ0) is 10.6. The van der Waals surface area contributed by atoms with Gasteiger partial charge in [0.25, 0.3) is 0 Å². The van der Waals surface area contributed by atoms with Crippen molar-refractivity contribution in [2.75, 3.05) is 0 Å². The molecule has 14 heavy (non-hydrogen) atoms. The van der Waals surface area contributed by atoms with Gasteiger partial charge in [-0.25, -0.2) is 4.79 Å². The number of carbonyl (C=O) groups excluding carboxylic acids is 2. The first-order valence-electron chi connectivity index (χ1n) is 5.25. The summed E-state index contributed by atoms with van der Waals surface area (Å²) in [5.74, 6) is 0.205. The Balaban J connectivity index is 2.51. The predicted octanol–water partition coefficient (Wildman–Crippen LogP) is 1.40. The molecule has 0 bridgehead atoms. The molecule has 1 atom stereocenters. The van der Waals surface area contributed by atoms with Crippen LogP contribution in [0.15, 0.2) is 0 Å². The number of carbonyl (C=O) groups is 2. The van der Waals surface area contributed by atoms with E-state index in [0.717, 1.165) is 19.3 Å². The van der Waals surface area contributed by atoms with E-state index in [1.807, 2.05) is 6.92 Å². The molecule has 1 aliphatic carbocycles. The number of rotatable bonds is 3. The highest BCUT2D eigenvalue weighted by molar-refractivity contribution is 5.94. The van der Waals surface area contributed by atoms with Crippen LogP contribution in [-0.2, 0) is 4.79 Å². The summed E-state index contributed by atoms with van der Waals surface area (Å²) in [7, 11) is 0. The number of hydrogen-bond donors (Lipinski definition) is 2. The van der Waals surface area contributed by atoms with E-state index in [1.54, 1.807) is 0 Å². The lowest BCUT2D eigenvalue weighted by molar-refractivity contribution is -0.125. The van der Waals surface area contributed by atoms with Crippen LogP contribution in [0.1, 0.15) is 39.0 Å². The third-order valence-electron chi connectivity index (χ3n) is 2.99. The van der Waals surface area contributed by atoms with Crippen LogP contribution in [0.3, 0.4) is 0 Å². The van der Waals surface area contributed by atoms with Gasteiger partial charge in [-0.05, 0) is 25.2 Å². The van der Waals surface area contributed by atoms with Gasteiger partial charge in [0.2, 0.25) is 5.91 Å². The number of primary amides is 1. The molecule has 1 rings (SSSR count). The maximum Gasteiger partial charge on any atom is 0.318 e. The highest BCUT2D eigenvalue weighted by Gasteiger charge is 2.29. The molecule has 0 aliphatic heterocycles. The number of nitrogens with two attached hydrogens (primary N) is 1.